The molecular formula is C23H23ClFN5O3. The van der Waals surface area contributed by atoms with E-state index in [2.05, 4.69) is 20.9 Å². The molecule has 2 heterocycles. The van der Waals surface area contributed by atoms with E-state index in [1.807, 2.05) is 6.07 Å². The molecule has 1 aliphatic heterocycles. The molecule has 2 aliphatic rings. The van der Waals surface area contributed by atoms with Gasteiger partial charge in [0, 0.05) is 41.9 Å². The van der Waals surface area contributed by atoms with Crippen molar-refractivity contribution in [3.8, 4) is 22.9 Å². The fourth-order valence-corrected chi connectivity index (χ4v) is 4.48. The number of fused-ring (bicyclic) bond motifs is 1. The molecule has 10 heteroatoms. The first kappa shape index (κ1) is 22.8. The van der Waals surface area contributed by atoms with Crippen LogP contribution in [0.3, 0.4) is 0 Å². The second-order valence-electron chi connectivity index (χ2n) is 8.11. The summed E-state index contributed by atoms with van der Waals surface area (Å²) < 4.78 is 20.0. The normalized spacial score (nSPS) is 19.3. The highest BCUT2D eigenvalue weighted by Gasteiger charge is 2.28. The summed E-state index contributed by atoms with van der Waals surface area (Å²) in [6.07, 6.45) is 3.94. The van der Waals surface area contributed by atoms with Crippen LogP contribution in [0.25, 0.3) is 11.1 Å². The number of anilines is 2. The van der Waals surface area contributed by atoms with E-state index in [9.17, 15) is 14.0 Å². The molecule has 1 fully saturated rings. The maximum Gasteiger partial charge on any atom is 0.234 e. The number of nitrogens with one attached hydrogen (secondary N) is 3. The molecule has 33 heavy (non-hydrogen) atoms. The lowest BCUT2D eigenvalue weighted by molar-refractivity contribution is -0.124. The van der Waals surface area contributed by atoms with Crippen LogP contribution in [0.15, 0.2) is 24.4 Å². The number of halogens is 2. The maximum atomic E-state index is 14.2. The van der Waals surface area contributed by atoms with Gasteiger partial charge in [-0.05, 0) is 31.4 Å². The highest BCUT2D eigenvalue weighted by Crippen LogP contribution is 2.42. The molecule has 0 bridgehead atoms. The number of benzene rings is 1. The van der Waals surface area contributed by atoms with Crippen LogP contribution in [0.5, 0.6) is 5.75 Å². The smallest absolute Gasteiger partial charge is 0.234 e. The average molecular weight is 472 g/mol. The molecule has 1 saturated carbocycles. The Morgan fingerprint density at radius 3 is 2.97 bits per heavy atom. The summed E-state index contributed by atoms with van der Waals surface area (Å²) in [7, 11) is 0. The summed E-state index contributed by atoms with van der Waals surface area (Å²) in [4.78, 5) is 28.8. The number of hydrogen-bond acceptors (Lipinski definition) is 6. The molecule has 2 amide bonds. The van der Waals surface area contributed by atoms with E-state index >= 15 is 0 Å². The van der Waals surface area contributed by atoms with Crippen LogP contribution in [0.2, 0.25) is 5.02 Å². The van der Waals surface area contributed by atoms with E-state index < -0.39 is 5.82 Å². The first-order chi connectivity index (χ1) is 15.9. The number of pyridine rings is 1. The summed E-state index contributed by atoms with van der Waals surface area (Å²) in [6.45, 7) is 1.01. The lowest BCUT2D eigenvalue weighted by Crippen LogP contribution is -2.40. The van der Waals surface area contributed by atoms with Gasteiger partial charge in [0.25, 0.3) is 0 Å². The van der Waals surface area contributed by atoms with Crippen molar-refractivity contribution in [2.45, 2.75) is 38.1 Å². The second kappa shape index (κ2) is 10.0. The Hall–Kier alpha value is -3.38. The van der Waals surface area contributed by atoms with Crippen molar-refractivity contribution in [2.24, 2.45) is 5.92 Å². The van der Waals surface area contributed by atoms with Gasteiger partial charge < -0.3 is 20.7 Å². The molecule has 2 atom stereocenters. The third-order valence-electron chi connectivity index (χ3n) is 5.76. The molecular weight excluding hydrogens is 449 g/mol. The molecule has 4 rings (SSSR count). The molecule has 0 spiro atoms. The quantitative estimate of drug-likeness (QED) is 0.609. The maximum absolute atomic E-state index is 14.2. The van der Waals surface area contributed by atoms with Crippen molar-refractivity contribution in [3.05, 3.63) is 35.2 Å². The minimum absolute atomic E-state index is 0.146. The number of carbonyl (C=O) groups is 2. The van der Waals surface area contributed by atoms with Crippen LogP contribution in [0.1, 0.15) is 32.1 Å². The predicted octanol–water partition coefficient (Wildman–Crippen LogP) is 3.87. The number of nitrogens with zero attached hydrogens (tertiary/aromatic N) is 2. The Morgan fingerprint density at radius 1 is 1.30 bits per heavy atom. The van der Waals surface area contributed by atoms with Crippen molar-refractivity contribution in [1.29, 1.82) is 5.26 Å². The summed E-state index contributed by atoms with van der Waals surface area (Å²) in [5, 5.41) is 17.7. The van der Waals surface area contributed by atoms with Gasteiger partial charge in [-0.3, -0.25) is 9.59 Å². The van der Waals surface area contributed by atoms with Crippen molar-refractivity contribution in [2.75, 3.05) is 23.8 Å². The lowest BCUT2D eigenvalue weighted by Gasteiger charge is -2.28. The third kappa shape index (κ3) is 5.34. The van der Waals surface area contributed by atoms with E-state index in [-0.39, 0.29) is 36.0 Å². The standard InChI is InChI=1S/C23H23ClFN5O3/c24-18-12-28-20(11-16(18)17-9-14(25)10-19-22(17)33-7-6-27-19)30-23(32)13-2-1-3-15(8-13)29-21(31)4-5-26/h9-13,15,27H,1-4,6-8H2,(H,29,31)(H,28,30,32)/t13-,15+/m0/s1. The van der Waals surface area contributed by atoms with Crippen LogP contribution in [0, 0.1) is 23.1 Å². The van der Waals surface area contributed by atoms with E-state index in [0.717, 1.165) is 12.8 Å². The van der Waals surface area contributed by atoms with Crippen LogP contribution in [0.4, 0.5) is 15.9 Å². The first-order valence-electron chi connectivity index (χ1n) is 10.8. The Kier molecular flexibility index (Phi) is 6.94. The molecule has 0 radical (unpaired) electrons. The van der Waals surface area contributed by atoms with E-state index in [1.165, 1.54) is 18.3 Å². The number of ether oxygens (including phenoxy) is 1. The van der Waals surface area contributed by atoms with Crippen LogP contribution < -0.4 is 20.7 Å². The minimum Gasteiger partial charge on any atom is -0.489 e. The zero-order valence-corrected chi connectivity index (χ0v) is 18.5. The number of hydrogen-bond donors (Lipinski definition) is 3. The molecule has 1 aliphatic carbocycles. The van der Waals surface area contributed by atoms with Gasteiger partial charge in [0.15, 0.2) is 5.75 Å². The largest absolute Gasteiger partial charge is 0.489 e. The topological polar surface area (TPSA) is 116 Å². The van der Waals surface area contributed by atoms with Gasteiger partial charge in [0.05, 0.1) is 16.8 Å². The Morgan fingerprint density at radius 2 is 2.15 bits per heavy atom. The van der Waals surface area contributed by atoms with Crippen molar-refractivity contribution in [1.82, 2.24) is 10.3 Å². The van der Waals surface area contributed by atoms with Crippen LogP contribution >= 0.6 is 11.6 Å². The Bertz CT molecular complexity index is 1120. The monoisotopic (exact) mass is 471 g/mol. The van der Waals surface area contributed by atoms with Gasteiger partial charge in [0.1, 0.15) is 24.7 Å². The number of nitriles is 1. The predicted molar refractivity (Wildman–Crippen MR) is 121 cm³/mol. The van der Waals surface area contributed by atoms with Gasteiger partial charge >= 0.3 is 0 Å². The van der Waals surface area contributed by atoms with Gasteiger partial charge in [-0.25, -0.2) is 9.37 Å². The molecule has 1 aromatic heterocycles. The number of rotatable bonds is 5. The van der Waals surface area contributed by atoms with Crippen molar-refractivity contribution >= 4 is 34.9 Å². The Balaban J connectivity index is 1.51. The zero-order valence-electron chi connectivity index (χ0n) is 17.8. The van der Waals surface area contributed by atoms with Gasteiger partial charge in [-0.1, -0.05) is 18.0 Å². The Labute approximate surface area is 195 Å². The highest BCUT2D eigenvalue weighted by atomic mass is 35.5. The molecule has 2 aromatic rings. The van der Waals surface area contributed by atoms with E-state index in [4.69, 9.17) is 21.6 Å². The zero-order chi connectivity index (χ0) is 23.4. The SMILES string of the molecule is N#CCC(=O)N[C@@H]1CCC[C@H](C(=O)Nc2cc(-c3cc(F)cc4c3OCCN4)c(Cl)cn2)C1. The van der Waals surface area contributed by atoms with Gasteiger partial charge in [-0.2, -0.15) is 5.26 Å². The van der Waals surface area contributed by atoms with Gasteiger partial charge in [-0.15, -0.1) is 0 Å². The highest BCUT2D eigenvalue weighted by molar-refractivity contribution is 6.33. The number of carbonyl (C=O) groups excluding carboxylic acids is 2. The van der Waals surface area contributed by atoms with Crippen molar-refractivity contribution in [3.63, 3.8) is 0 Å². The summed E-state index contributed by atoms with van der Waals surface area (Å²) >= 11 is 6.37. The van der Waals surface area contributed by atoms with Crippen LogP contribution in [-0.2, 0) is 9.59 Å². The lowest BCUT2D eigenvalue weighted by atomic mass is 9.85. The number of aromatic nitrogens is 1. The molecule has 0 unspecified atom stereocenters. The number of amides is 2. The molecule has 8 nitrogen and oxygen atoms in total. The fraction of sp³-hybridized carbons (Fsp3) is 0.391. The van der Waals surface area contributed by atoms with Gasteiger partial charge in [0.2, 0.25) is 11.8 Å². The molecule has 172 valence electrons. The second-order valence-corrected chi connectivity index (χ2v) is 8.51. The molecule has 0 saturated heterocycles. The molecule has 1 aromatic carbocycles. The third-order valence-corrected chi connectivity index (χ3v) is 6.07. The summed E-state index contributed by atoms with van der Waals surface area (Å²) in [6, 6.07) is 5.98. The fourth-order valence-electron chi connectivity index (χ4n) is 4.27. The summed E-state index contributed by atoms with van der Waals surface area (Å²) in [5.41, 5.74) is 1.51. The van der Waals surface area contributed by atoms with Crippen molar-refractivity contribution < 1.29 is 18.7 Å². The molecule has 3 N–H and O–H groups in total. The van der Waals surface area contributed by atoms with E-state index in [1.54, 1.807) is 6.07 Å². The summed E-state index contributed by atoms with van der Waals surface area (Å²) in [5.74, 6) is -0.501. The van der Waals surface area contributed by atoms with E-state index in [0.29, 0.717) is 53.6 Å². The minimum atomic E-state index is -0.438. The van der Waals surface area contributed by atoms with Crippen LogP contribution in [-0.4, -0.2) is 36.0 Å². The first-order valence-corrected chi connectivity index (χ1v) is 11.2. The average Bonchev–Trinajstić information content (AvgIpc) is 2.80.